The van der Waals surface area contributed by atoms with E-state index in [4.69, 9.17) is 0 Å². The lowest BCUT2D eigenvalue weighted by molar-refractivity contribution is 0.331. The zero-order chi connectivity index (χ0) is 22.2. The lowest BCUT2D eigenvalue weighted by Crippen LogP contribution is -2.18. The molecule has 2 N–H and O–H groups in total. The van der Waals surface area contributed by atoms with E-state index in [1.807, 2.05) is 24.4 Å². The molecular formula is C27H23N5S. The predicted octanol–water partition coefficient (Wildman–Crippen LogP) is 6.66. The summed E-state index contributed by atoms with van der Waals surface area (Å²) in [5.74, 6) is 0. The summed E-state index contributed by atoms with van der Waals surface area (Å²) in [6.45, 7) is 3.39. The summed E-state index contributed by atoms with van der Waals surface area (Å²) in [4.78, 5) is 12.4. The zero-order valence-corrected chi connectivity index (χ0v) is 19.0. The minimum atomic E-state index is 0.545. The van der Waals surface area contributed by atoms with Crippen LogP contribution in [0, 0.1) is 11.3 Å². The molecule has 0 radical (unpaired) electrons. The van der Waals surface area contributed by atoms with Crippen LogP contribution in [0.15, 0.2) is 67.0 Å². The van der Waals surface area contributed by atoms with Gasteiger partial charge in [0, 0.05) is 45.8 Å². The number of aromatic amines is 1. The molecule has 4 heterocycles. The summed E-state index contributed by atoms with van der Waals surface area (Å²) in [6.07, 6.45) is 6.21. The number of H-pyrrole nitrogens is 1. The first-order chi connectivity index (χ1) is 16.3. The van der Waals surface area contributed by atoms with Gasteiger partial charge >= 0.3 is 0 Å². The second-order valence-electron chi connectivity index (χ2n) is 8.58. The monoisotopic (exact) mass is 449 g/mol. The van der Waals surface area contributed by atoms with Gasteiger partial charge in [-0.25, -0.2) is 4.98 Å². The molecule has 1 saturated heterocycles. The molecule has 6 heteroatoms. The zero-order valence-electron chi connectivity index (χ0n) is 18.1. The van der Waals surface area contributed by atoms with Crippen molar-refractivity contribution >= 4 is 43.8 Å². The Labute approximate surface area is 196 Å². The van der Waals surface area contributed by atoms with Crippen LogP contribution in [-0.4, -0.2) is 28.0 Å². The standard InChI is InChI=1S/C27H23N5S/c28-15-21-16-30-27-23(26(21)31-22-6-7-24-19(13-22)8-9-29-24)14-25(33-27)20-5-3-4-18(12-20)17-32-10-1-2-11-32/h3-9,12-14,16,29H,1-2,10-11,17H2,(H,30,31). The van der Waals surface area contributed by atoms with Gasteiger partial charge in [0.1, 0.15) is 10.9 Å². The van der Waals surface area contributed by atoms with Crippen LogP contribution in [0.25, 0.3) is 31.6 Å². The molecule has 0 aliphatic carbocycles. The fraction of sp³-hybridized carbons (Fsp3) is 0.185. The van der Waals surface area contributed by atoms with Crippen LogP contribution in [-0.2, 0) is 6.54 Å². The number of thiophene rings is 1. The number of rotatable bonds is 5. The summed E-state index contributed by atoms with van der Waals surface area (Å²) < 4.78 is 0. The highest BCUT2D eigenvalue weighted by Gasteiger charge is 2.16. The third-order valence-electron chi connectivity index (χ3n) is 6.32. The molecule has 0 saturated carbocycles. The normalized spacial score (nSPS) is 14.2. The molecule has 1 aliphatic rings. The molecule has 162 valence electrons. The van der Waals surface area contributed by atoms with Crippen LogP contribution < -0.4 is 5.32 Å². The summed E-state index contributed by atoms with van der Waals surface area (Å²) in [5, 5.41) is 15.4. The summed E-state index contributed by atoms with van der Waals surface area (Å²) >= 11 is 1.67. The van der Waals surface area contributed by atoms with Crippen LogP contribution >= 0.6 is 11.3 Å². The molecule has 0 bridgehead atoms. The first kappa shape index (κ1) is 20.0. The topological polar surface area (TPSA) is 67.7 Å². The number of nitrogens with zero attached hydrogens (tertiary/aromatic N) is 3. The van der Waals surface area contributed by atoms with Crippen LogP contribution in [0.4, 0.5) is 11.4 Å². The van der Waals surface area contributed by atoms with E-state index in [-0.39, 0.29) is 0 Å². The summed E-state index contributed by atoms with van der Waals surface area (Å²) in [6, 6.07) is 21.5. The first-order valence-corrected chi connectivity index (χ1v) is 12.1. The predicted molar refractivity (Wildman–Crippen MR) is 136 cm³/mol. The Bertz CT molecular complexity index is 1500. The van der Waals surface area contributed by atoms with E-state index in [9.17, 15) is 5.26 Å². The molecular weight excluding hydrogens is 426 g/mol. The van der Waals surface area contributed by atoms with Crippen molar-refractivity contribution in [2.45, 2.75) is 19.4 Å². The molecule has 1 aliphatic heterocycles. The number of pyridine rings is 1. The Kier molecular flexibility index (Phi) is 5.06. The van der Waals surface area contributed by atoms with Gasteiger partial charge in [0.05, 0.1) is 11.3 Å². The molecule has 0 atom stereocenters. The number of nitrogens with one attached hydrogen (secondary N) is 2. The van der Waals surface area contributed by atoms with E-state index in [0.717, 1.165) is 39.0 Å². The van der Waals surface area contributed by atoms with E-state index in [0.29, 0.717) is 5.56 Å². The molecule has 33 heavy (non-hydrogen) atoms. The van der Waals surface area contributed by atoms with E-state index in [1.54, 1.807) is 17.5 Å². The molecule has 5 nitrogen and oxygen atoms in total. The molecule has 0 spiro atoms. The second kappa shape index (κ2) is 8.36. The number of aromatic nitrogens is 2. The molecule has 0 amide bonds. The van der Waals surface area contributed by atoms with E-state index in [1.165, 1.54) is 41.9 Å². The van der Waals surface area contributed by atoms with Gasteiger partial charge in [-0.1, -0.05) is 18.2 Å². The van der Waals surface area contributed by atoms with Gasteiger partial charge in [0.25, 0.3) is 0 Å². The van der Waals surface area contributed by atoms with Crippen molar-refractivity contribution < 1.29 is 0 Å². The highest BCUT2D eigenvalue weighted by molar-refractivity contribution is 7.22. The minimum Gasteiger partial charge on any atom is -0.361 e. The molecule has 2 aromatic carbocycles. The number of fused-ring (bicyclic) bond motifs is 2. The second-order valence-corrected chi connectivity index (χ2v) is 9.61. The highest BCUT2D eigenvalue weighted by Crippen LogP contribution is 2.39. The smallest absolute Gasteiger partial charge is 0.126 e. The SMILES string of the molecule is N#Cc1cnc2sc(-c3cccc(CN4CCCC4)c3)cc2c1Nc1ccc2[nH]ccc2c1. The fourth-order valence-electron chi connectivity index (χ4n) is 4.65. The number of benzene rings is 2. The Morgan fingerprint density at radius 2 is 2.00 bits per heavy atom. The molecule has 6 rings (SSSR count). The van der Waals surface area contributed by atoms with Gasteiger partial charge in [-0.2, -0.15) is 5.26 Å². The number of hydrogen-bond acceptors (Lipinski definition) is 5. The van der Waals surface area contributed by atoms with Crippen molar-refractivity contribution in [2.75, 3.05) is 18.4 Å². The van der Waals surface area contributed by atoms with Gasteiger partial charge < -0.3 is 10.3 Å². The number of nitriles is 1. The largest absolute Gasteiger partial charge is 0.361 e. The molecule has 0 unspecified atom stereocenters. The third-order valence-corrected chi connectivity index (χ3v) is 7.41. The Morgan fingerprint density at radius 3 is 2.88 bits per heavy atom. The number of likely N-dealkylation sites (tertiary alicyclic amines) is 1. The Balaban J connectivity index is 1.37. The van der Waals surface area contributed by atoms with Crippen molar-refractivity contribution in [3.63, 3.8) is 0 Å². The van der Waals surface area contributed by atoms with Gasteiger partial charge in [-0.15, -0.1) is 11.3 Å². The third kappa shape index (κ3) is 3.86. The van der Waals surface area contributed by atoms with Crippen LogP contribution in [0.1, 0.15) is 24.0 Å². The van der Waals surface area contributed by atoms with Crippen LogP contribution in [0.3, 0.4) is 0 Å². The maximum Gasteiger partial charge on any atom is 0.126 e. The van der Waals surface area contributed by atoms with Crippen molar-refractivity contribution in [1.82, 2.24) is 14.9 Å². The molecule has 5 aromatic rings. The lowest BCUT2D eigenvalue weighted by atomic mass is 10.1. The van der Waals surface area contributed by atoms with Gasteiger partial charge in [0.15, 0.2) is 0 Å². The van der Waals surface area contributed by atoms with Gasteiger partial charge in [0.2, 0.25) is 0 Å². The minimum absolute atomic E-state index is 0.545. The van der Waals surface area contributed by atoms with Crippen LogP contribution in [0.5, 0.6) is 0 Å². The maximum atomic E-state index is 9.75. The van der Waals surface area contributed by atoms with Crippen molar-refractivity contribution in [3.05, 3.63) is 78.1 Å². The highest BCUT2D eigenvalue weighted by atomic mass is 32.1. The van der Waals surface area contributed by atoms with Crippen molar-refractivity contribution in [1.29, 1.82) is 5.26 Å². The van der Waals surface area contributed by atoms with E-state index in [2.05, 4.69) is 62.7 Å². The van der Waals surface area contributed by atoms with Crippen molar-refractivity contribution in [3.8, 4) is 16.5 Å². The Hall–Kier alpha value is -3.66. The van der Waals surface area contributed by atoms with Crippen LogP contribution in [0.2, 0.25) is 0 Å². The number of hydrogen-bond donors (Lipinski definition) is 2. The molecule has 3 aromatic heterocycles. The average molecular weight is 450 g/mol. The number of anilines is 2. The lowest BCUT2D eigenvalue weighted by Gasteiger charge is -2.14. The summed E-state index contributed by atoms with van der Waals surface area (Å²) in [7, 11) is 0. The maximum absolute atomic E-state index is 9.75. The van der Waals surface area contributed by atoms with Gasteiger partial charge in [-0.3, -0.25) is 4.90 Å². The van der Waals surface area contributed by atoms with E-state index >= 15 is 0 Å². The molecule has 1 fully saturated rings. The van der Waals surface area contributed by atoms with Crippen molar-refractivity contribution in [2.24, 2.45) is 0 Å². The fourth-order valence-corrected chi connectivity index (χ4v) is 5.65. The first-order valence-electron chi connectivity index (χ1n) is 11.3. The Morgan fingerprint density at radius 1 is 1.09 bits per heavy atom. The van der Waals surface area contributed by atoms with Gasteiger partial charge in [-0.05, 0) is 73.5 Å². The quantitative estimate of drug-likeness (QED) is 0.315. The van der Waals surface area contributed by atoms with E-state index < -0.39 is 0 Å². The average Bonchev–Trinajstić information content (AvgIpc) is 3.60. The summed E-state index contributed by atoms with van der Waals surface area (Å²) in [5.41, 5.74) is 5.94.